The van der Waals surface area contributed by atoms with Crippen LogP contribution < -0.4 is 5.32 Å². The van der Waals surface area contributed by atoms with E-state index < -0.39 is 0 Å². The number of pyridine rings is 1. The highest BCUT2D eigenvalue weighted by Crippen LogP contribution is 2.41. The van der Waals surface area contributed by atoms with E-state index in [1.54, 1.807) is 0 Å². The van der Waals surface area contributed by atoms with E-state index in [9.17, 15) is 0 Å². The van der Waals surface area contributed by atoms with Crippen LogP contribution in [-0.2, 0) is 11.2 Å². The predicted octanol–water partition coefficient (Wildman–Crippen LogP) is 3.44. The molecule has 2 heterocycles. The Labute approximate surface area is 128 Å². The molecule has 1 aromatic rings. The van der Waals surface area contributed by atoms with Crippen molar-refractivity contribution in [2.75, 3.05) is 13.2 Å². The van der Waals surface area contributed by atoms with Crippen LogP contribution in [0.25, 0.3) is 0 Å². The molecule has 0 saturated carbocycles. The summed E-state index contributed by atoms with van der Waals surface area (Å²) < 4.78 is 6.26. The van der Waals surface area contributed by atoms with Crippen LogP contribution in [0.2, 0.25) is 0 Å². The third-order valence-electron chi connectivity index (χ3n) is 5.18. The Kier molecular flexibility index (Phi) is 4.60. The Morgan fingerprint density at radius 1 is 1.48 bits per heavy atom. The first-order chi connectivity index (χ1) is 10.2. The van der Waals surface area contributed by atoms with E-state index in [2.05, 4.69) is 31.3 Å². The summed E-state index contributed by atoms with van der Waals surface area (Å²) in [4.78, 5) is 4.70. The minimum atomic E-state index is -0.0444. The number of hydrogen-bond donors (Lipinski definition) is 1. The highest BCUT2D eigenvalue weighted by atomic mass is 16.5. The molecule has 0 bridgehead atoms. The number of nitrogens with one attached hydrogen (secondary N) is 1. The van der Waals surface area contributed by atoms with Crippen molar-refractivity contribution in [2.45, 2.75) is 69.9 Å². The van der Waals surface area contributed by atoms with Gasteiger partial charge in [-0.15, -0.1) is 0 Å². The predicted molar refractivity (Wildman–Crippen MR) is 85.6 cm³/mol. The molecular formula is C18H28N2O. The lowest BCUT2D eigenvalue weighted by atomic mass is 9.79. The third-order valence-corrected chi connectivity index (χ3v) is 5.18. The van der Waals surface area contributed by atoms with Gasteiger partial charge in [-0.1, -0.05) is 13.0 Å². The van der Waals surface area contributed by atoms with Crippen LogP contribution in [0.3, 0.4) is 0 Å². The van der Waals surface area contributed by atoms with Gasteiger partial charge in [-0.3, -0.25) is 4.98 Å². The minimum Gasteiger partial charge on any atom is -0.374 e. The maximum absolute atomic E-state index is 6.26. The normalized spacial score (nSPS) is 30.1. The first kappa shape index (κ1) is 15.0. The first-order valence-corrected chi connectivity index (χ1v) is 8.56. The van der Waals surface area contributed by atoms with Crippen molar-refractivity contribution in [1.82, 2.24) is 10.3 Å². The lowest BCUT2D eigenvalue weighted by molar-refractivity contribution is -0.0939. The SMILES string of the molecule is CCCNC(C1CCc2cccnc21)C1(C)CCCCO1. The van der Waals surface area contributed by atoms with Gasteiger partial charge in [-0.25, -0.2) is 0 Å². The zero-order valence-electron chi connectivity index (χ0n) is 13.4. The quantitative estimate of drug-likeness (QED) is 0.901. The molecule has 1 N–H and O–H groups in total. The summed E-state index contributed by atoms with van der Waals surface area (Å²) in [5.74, 6) is 0.496. The molecule has 1 fully saturated rings. The van der Waals surface area contributed by atoms with Crippen molar-refractivity contribution >= 4 is 0 Å². The average Bonchev–Trinajstić information content (AvgIpc) is 2.92. The van der Waals surface area contributed by atoms with Gasteiger partial charge in [0.05, 0.1) is 5.60 Å². The van der Waals surface area contributed by atoms with Crippen molar-refractivity contribution in [3.05, 3.63) is 29.6 Å². The van der Waals surface area contributed by atoms with E-state index in [0.29, 0.717) is 12.0 Å². The van der Waals surface area contributed by atoms with Gasteiger partial charge in [0.1, 0.15) is 0 Å². The highest BCUT2D eigenvalue weighted by Gasteiger charge is 2.43. The number of aromatic nitrogens is 1. The standard InChI is InChI=1S/C18H28N2O/c1-3-11-20-17(18(2)10-4-5-13-21-18)15-9-8-14-7-6-12-19-16(14)15/h6-7,12,15,17,20H,3-5,8-11,13H2,1-2H3. The molecule has 1 aromatic heterocycles. The Bertz CT molecular complexity index is 468. The summed E-state index contributed by atoms with van der Waals surface area (Å²) in [7, 11) is 0. The largest absolute Gasteiger partial charge is 0.374 e. The second kappa shape index (κ2) is 6.45. The van der Waals surface area contributed by atoms with Crippen LogP contribution in [0.15, 0.2) is 18.3 Å². The summed E-state index contributed by atoms with van der Waals surface area (Å²) in [6.45, 7) is 6.50. The topological polar surface area (TPSA) is 34.2 Å². The van der Waals surface area contributed by atoms with E-state index in [0.717, 1.165) is 32.4 Å². The molecule has 0 spiro atoms. The Morgan fingerprint density at radius 2 is 2.38 bits per heavy atom. The summed E-state index contributed by atoms with van der Waals surface area (Å²) >= 11 is 0. The molecule has 2 aliphatic rings. The van der Waals surface area contributed by atoms with Gasteiger partial charge in [0.15, 0.2) is 0 Å². The lowest BCUT2D eigenvalue weighted by Gasteiger charge is -2.44. The molecule has 3 atom stereocenters. The summed E-state index contributed by atoms with van der Waals surface area (Å²) in [6.07, 6.45) is 9.11. The molecule has 0 amide bonds. The smallest absolute Gasteiger partial charge is 0.0813 e. The summed E-state index contributed by atoms with van der Waals surface area (Å²) in [6, 6.07) is 4.69. The average molecular weight is 288 g/mol. The molecule has 1 saturated heterocycles. The lowest BCUT2D eigenvalue weighted by Crippen LogP contribution is -2.55. The van der Waals surface area contributed by atoms with Crippen molar-refractivity contribution < 1.29 is 4.74 Å². The summed E-state index contributed by atoms with van der Waals surface area (Å²) in [5, 5.41) is 3.80. The second-order valence-corrected chi connectivity index (χ2v) is 6.74. The molecule has 0 radical (unpaired) electrons. The van der Waals surface area contributed by atoms with Crippen molar-refractivity contribution in [3.8, 4) is 0 Å². The molecule has 1 aliphatic carbocycles. The minimum absolute atomic E-state index is 0.0444. The van der Waals surface area contributed by atoms with E-state index in [-0.39, 0.29) is 5.60 Å². The number of ether oxygens (including phenoxy) is 1. The Hall–Kier alpha value is -0.930. The number of hydrogen-bond acceptors (Lipinski definition) is 3. The monoisotopic (exact) mass is 288 g/mol. The van der Waals surface area contributed by atoms with E-state index >= 15 is 0 Å². The molecule has 3 heteroatoms. The van der Waals surface area contributed by atoms with Crippen LogP contribution in [0.1, 0.15) is 63.1 Å². The Balaban J connectivity index is 1.86. The van der Waals surface area contributed by atoms with Crippen molar-refractivity contribution in [2.24, 2.45) is 0 Å². The van der Waals surface area contributed by atoms with Gasteiger partial charge < -0.3 is 10.1 Å². The first-order valence-electron chi connectivity index (χ1n) is 8.56. The van der Waals surface area contributed by atoms with Gasteiger partial charge in [0.2, 0.25) is 0 Å². The molecule has 3 nitrogen and oxygen atoms in total. The van der Waals surface area contributed by atoms with Crippen LogP contribution >= 0.6 is 0 Å². The second-order valence-electron chi connectivity index (χ2n) is 6.74. The summed E-state index contributed by atoms with van der Waals surface area (Å²) in [5.41, 5.74) is 2.70. The van der Waals surface area contributed by atoms with E-state index in [1.165, 1.54) is 30.5 Å². The molecule has 1 aliphatic heterocycles. The van der Waals surface area contributed by atoms with Crippen molar-refractivity contribution in [1.29, 1.82) is 0 Å². The molecule has 0 aromatic carbocycles. The highest BCUT2D eigenvalue weighted by molar-refractivity contribution is 5.31. The molecule has 3 unspecified atom stereocenters. The van der Waals surface area contributed by atoms with Crippen LogP contribution in [-0.4, -0.2) is 29.8 Å². The maximum atomic E-state index is 6.26. The number of nitrogens with zero attached hydrogens (tertiary/aromatic N) is 1. The number of aryl methyl sites for hydroxylation is 1. The molecule has 21 heavy (non-hydrogen) atoms. The molecule has 3 rings (SSSR count). The Morgan fingerprint density at radius 3 is 3.14 bits per heavy atom. The van der Waals surface area contributed by atoms with Gasteiger partial charge in [-0.2, -0.15) is 0 Å². The fourth-order valence-corrected chi connectivity index (χ4v) is 4.05. The number of fused-ring (bicyclic) bond motifs is 1. The van der Waals surface area contributed by atoms with E-state index in [1.807, 2.05) is 6.20 Å². The fourth-order valence-electron chi connectivity index (χ4n) is 4.05. The molecule has 116 valence electrons. The zero-order chi connectivity index (χ0) is 14.7. The number of rotatable bonds is 5. The maximum Gasteiger partial charge on any atom is 0.0813 e. The van der Waals surface area contributed by atoms with Crippen LogP contribution in [0, 0.1) is 0 Å². The fraction of sp³-hybridized carbons (Fsp3) is 0.722. The van der Waals surface area contributed by atoms with Gasteiger partial charge >= 0.3 is 0 Å². The van der Waals surface area contributed by atoms with Gasteiger partial charge in [-0.05, 0) is 63.6 Å². The van der Waals surface area contributed by atoms with E-state index in [4.69, 9.17) is 9.72 Å². The molecular weight excluding hydrogens is 260 g/mol. The van der Waals surface area contributed by atoms with Crippen molar-refractivity contribution in [3.63, 3.8) is 0 Å². The van der Waals surface area contributed by atoms with Crippen LogP contribution in [0.4, 0.5) is 0 Å². The zero-order valence-corrected chi connectivity index (χ0v) is 13.4. The third kappa shape index (κ3) is 3.00. The van der Waals surface area contributed by atoms with Gasteiger partial charge in [0, 0.05) is 30.5 Å². The van der Waals surface area contributed by atoms with Gasteiger partial charge in [0.25, 0.3) is 0 Å². The van der Waals surface area contributed by atoms with Crippen LogP contribution in [0.5, 0.6) is 0 Å².